The Kier molecular flexibility index (Phi) is 2.77. The standard InChI is InChI=1S/C13H15N3O4/c1-8-6-9(7-20-8)10(17)16-4-2-13(3-5-16)11(18)14-12(19)15-13/h6-7H,2-5H2,1H3,(H2,14,15,18,19). The van der Waals surface area contributed by atoms with Crippen molar-refractivity contribution in [2.24, 2.45) is 0 Å². The van der Waals surface area contributed by atoms with Crippen LogP contribution in [0.15, 0.2) is 16.7 Å². The second kappa shape index (κ2) is 4.36. The quantitative estimate of drug-likeness (QED) is 0.727. The lowest BCUT2D eigenvalue weighted by Gasteiger charge is -2.36. The monoisotopic (exact) mass is 277 g/mol. The van der Waals surface area contributed by atoms with Gasteiger partial charge in [0.25, 0.3) is 11.8 Å². The van der Waals surface area contributed by atoms with E-state index in [1.54, 1.807) is 17.9 Å². The third-order valence-electron chi connectivity index (χ3n) is 3.90. The zero-order valence-electron chi connectivity index (χ0n) is 11.1. The van der Waals surface area contributed by atoms with Crippen LogP contribution in [-0.4, -0.2) is 41.4 Å². The SMILES string of the molecule is Cc1cc(C(=O)N2CCC3(CC2)NC(=O)NC3=O)co1. The van der Waals surface area contributed by atoms with Crippen LogP contribution in [0.5, 0.6) is 0 Å². The highest BCUT2D eigenvalue weighted by Crippen LogP contribution is 2.26. The van der Waals surface area contributed by atoms with Gasteiger partial charge < -0.3 is 14.6 Å². The van der Waals surface area contributed by atoms with E-state index in [4.69, 9.17) is 4.42 Å². The molecule has 2 aliphatic heterocycles. The molecule has 7 heteroatoms. The molecule has 2 saturated heterocycles. The van der Waals surface area contributed by atoms with Crippen LogP contribution in [0.2, 0.25) is 0 Å². The first-order valence-corrected chi connectivity index (χ1v) is 6.48. The lowest BCUT2D eigenvalue weighted by atomic mass is 9.87. The second-order valence-electron chi connectivity index (χ2n) is 5.23. The third kappa shape index (κ3) is 1.95. The molecule has 0 bridgehead atoms. The number of hydrogen-bond acceptors (Lipinski definition) is 4. The number of nitrogens with zero attached hydrogens (tertiary/aromatic N) is 1. The van der Waals surface area contributed by atoms with Gasteiger partial charge in [-0.05, 0) is 25.8 Å². The maximum Gasteiger partial charge on any atom is 0.322 e. The number of amides is 4. The number of hydrogen-bond donors (Lipinski definition) is 2. The van der Waals surface area contributed by atoms with Crippen LogP contribution in [0.3, 0.4) is 0 Å². The molecule has 1 aromatic heterocycles. The predicted octanol–water partition coefficient (Wildman–Crippen LogP) is 0.402. The second-order valence-corrected chi connectivity index (χ2v) is 5.23. The summed E-state index contributed by atoms with van der Waals surface area (Å²) in [5, 5.41) is 4.92. The average molecular weight is 277 g/mol. The van der Waals surface area contributed by atoms with Crippen LogP contribution in [0, 0.1) is 6.92 Å². The van der Waals surface area contributed by atoms with Gasteiger partial charge in [-0.2, -0.15) is 0 Å². The van der Waals surface area contributed by atoms with Gasteiger partial charge in [0, 0.05) is 13.1 Å². The summed E-state index contributed by atoms with van der Waals surface area (Å²) in [7, 11) is 0. The van der Waals surface area contributed by atoms with Gasteiger partial charge in [-0.15, -0.1) is 0 Å². The predicted molar refractivity (Wildman–Crippen MR) is 68.0 cm³/mol. The van der Waals surface area contributed by atoms with Crippen LogP contribution < -0.4 is 10.6 Å². The fraction of sp³-hybridized carbons (Fsp3) is 0.462. The molecule has 1 aromatic rings. The van der Waals surface area contributed by atoms with Crippen molar-refractivity contribution in [1.29, 1.82) is 0 Å². The molecule has 0 atom stereocenters. The number of urea groups is 1. The van der Waals surface area contributed by atoms with Gasteiger partial charge in [0.1, 0.15) is 17.6 Å². The number of furan rings is 1. The molecule has 0 aliphatic carbocycles. The fourth-order valence-corrected chi connectivity index (χ4v) is 2.71. The zero-order chi connectivity index (χ0) is 14.3. The molecule has 0 unspecified atom stereocenters. The van der Waals surface area contributed by atoms with Gasteiger partial charge in [0.05, 0.1) is 5.56 Å². The van der Waals surface area contributed by atoms with Crippen LogP contribution in [0.25, 0.3) is 0 Å². The molecule has 0 aromatic carbocycles. The molecule has 106 valence electrons. The summed E-state index contributed by atoms with van der Waals surface area (Å²) in [4.78, 5) is 36.9. The first kappa shape index (κ1) is 12.7. The topological polar surface area (TPSA) is 91.7 Å². The normalized spacial score (nSPS) is 20.9. The number of imide groups is 1. The van der Waals surface area contributed by atoms with E-state index in [-0.39, 0.29) is 11.8 Å². The zero-order valence-corrected chi connectivity index (χ0v) is 11.1. The molecular weight excluding hydrogens is 262 g/mol. The van der Waals surface area contributed by atoms with E-state index in [9.17, 15) is 14.4 Å². The minimum Gasteiger partial charge on any atom is -0.469 e. The molecule has 20 heavy (non-hydrogen) atoms. The molecule has 4 amide bonds. The van der Waals surface area contributed by atoms with Crippen molar-refractivity contribution in [2.45, 2.75) is 25.3 Å². The van der Waals surface area contributed by atoms with Crippen molar-refractivity contribution in [3.05, 3.63) is 23.7 Å². The Hall–Kier alpha value is -2.31. The van der Waals surface area contributed by atoms with E-state index in [0.717, 1.165) is 0 Å². The van der Waals surface area contributed by atoms with Crippen LogP contribution in [-0.2, 0) is 4.79 Å². The molecular formula is C13H15N3O4. The van der Waals surface area contributed by atoms with Gasteiger partial charge in [0.15, 0.2) is 0 Å². The van der Waals surface area contributed by atoms with Crippen molar-refractivity contribution < 1.29 is 18.8 Å². The van der Waals surface area contributed by atoms with Crippen LogP contribution in [0.4, 0.5) is 4.79 Å². The number of carbonyl (C=O) groups excluding carboxylic acids is 3. The highest BCUT2D eigenvalue weighted by atomic mass is 16.3. The Labute approximate surface area is 115 Å². The minimum absolute atomic E-state index is 0.110. The number of rotatable bonds is 1. The summed E-state index contributed by atoms with van der Waals surface area (Å²) in [6.07, 6.45) is 2.28. The van der Waals surface area contributed by atoms with Gasteiger partial charge in [-0.1, -0.05) is 0 Å². The lowest BCUT2D eigenvalue weighted by Crippen LogP contribution is -2.55. The number of nitrogens with one attached hydrogen (secondary N) is 2. The number of aryl methyl sites for hydroxylation is 1. The summed E-state index contributed by atoms with van der Waals surface area (Å²) in [5.74, 6) is 0.277. The largest absolute Gasteiger partial charge is 0.469 e. The van der Waals surface area contributed by atoms with Gasteiger partial charge in [-0.25, -0.2) is 4.79 Å². The molecule has 2 N–H and O–H groups in total. The summed E-state index contributed by atoms with van der Waals surface area (Å²) in [5.41, 5.74) is -0.335. The minimum atomic E-state index is -0.847. The van der Waals surface area contributed by atoms with E-state index in [1.807, 2.05) is 0 Å². The summed E-state index contributed by atoms with van der Waals surface area (Å²) in [6.45, 7) is 2.63. The van der Waals surface area contributed by atoms with Gasteiger partial charge >= 0.3 is 6.03 Å². The van der Waals surface area contributed by atoms with E-state index < -0.39 is 11.6 Å². The number of likely N-dealkylation sites (tertiary alicyclic amines) is 1. The molecule has 1 spiro atoms. The molecule has 0 saturated carbocycles. The number of carbonyl (C=O) groups is 3. The highest BCUT2D eigenvalue weighted by molar-refractivity contribution is 6.07. The Balaban J connectivity index is 1.68. The summed E-state index contributed by atoms with van der Waals surface area (Å²) < 4.78 is 5.13. The highest BCUT2D eigenvalue weighted by Gasteiger charge is 2.48. The third-order valence-corrected chi connectivity index (χ3v) is 3.90. The Morgan fingerprint density at radius 1 is 1.35 bits per heavy atom. The Morgan fingerprint density at radius 2 is 2.05 bits per heavy atom. The van der Waals surface area contributed by atoms with Crippen molar-refractivity contribution in [3.8, 4) is 0 Å². The van der Waals surface area contributed by atoms with E-state index in [0.29, 0.717) is 37.3 Å². The molecule has 0 radical (unpaired) electrons. The Morgan fingerprint density at radius 3 is 2.55 bits per heavy atom. The van der Waals surface area contributed by atoms with Crippen molar-refractivity contribution in [1.82, 2.24) is 15.5 Å². The number of piperidine rings is 1. The maximum absolute atomic E-state index is 12.2. The van der Waals surface area contributed by atoms with Gasteiger partial charge in [-0.3, -0.25) is 14.9 Å². The maximum atomic E-state index is 12.2. The summed E-state index contributed by atoms with van der Waals surface area (Å²) >= 11 is 0. The molecule has 2 aliphatic rings. The van der Waals surface area contributed by atoms with Gasteiger partial charge in [0.2, 0.25) is 0 Å². The fourth-order valence-electron chi connectivity index (χ4n) is 2.71. The molecule has 7 nitrogen and oxygen atoms in total. The van der Waals surface area contributed by atoms with Crippen molar-refractivity contribution in [3.63, 3.8) is 0 Å². The molecule has 3 heterocycles. The molecule has 3 rings (SSSR count). The van der Waals surface area contributed by atoms with Crippen LogP contribution >= 0.6 is 0 Å². The van der Waals surface area contributed by atoms with E-state index in [2.05, 4.69) is 10.6 Å². The average Bonchev–Trinajstić information content (AvgIpc) is 2.95. The van der Waals surface area contributed by atoms with Crippen molar-refractivity contribution >= 4 is 17.8 Å². The summed E-state index contributed by atoms with van der Waals surface area (Å²) in [6, 6.07) is 1.23. The smallest absolute Gasteiger partial charge is 0.322 e. The lowest BCUT2D eigenvalue weighted by molar-refractivity contribution is -0.125. The Bertz CT molecular complexity index is 584. The molecule has 2 fully saturated rings. The van der Waals surface area contributed by atoms with Crippen molar-refractivity contribution in [2.75, 3.05) is 13.1 Å². The first-order chi connectivity index (χ1) is 9.50. The van der Waals surface area contributed by atoms with E-state index >= 15 is 0 Å². The first-order valence-electron chi connectivity index (χ1n) is 6.48. The van der Waals surface area contributed by atoms with Crippen LogP contribution in [0.1, 0.15) is 29.0 Å². The van der Waals surface area contributed by atoms with E-state index in [1.165, 1.54) is 6.26 Å².